The van der Waals surface area contributed by atoms with Crippen molar-refractivity contribution in [2.45, 2.75) is 152 Å². The van der Waals surface area contributed by atoms with E-state index in [1.54, 1.807) is 51.2 Å². The zero-order valence-electron chi connectivity index (χ0n) is 44.3. The van der Waals surface area contributed by atoms with E-state index in [4.69, 9.17) is 16.2 Å². The van der Waals surface area contributed by atoms with Crippen LogP contribution in [0.4, 0.5) is 4.79 Å². The smallest absolute Gasteiger partial charge is 0.407 e. The van der Waals surface area contributed by atoms with Crippen LogP contribution in [0.25, 0.3) is 10.9 Å². The lowest BCUT2D eigenvalue weighted by atomic mass is 10.0. The zero-order valence-corrected chi connectivity index (χ0v) is 45.9. The highest BCUT2D eigenvalue weighted by atomic mass is 33.1. The van der Waals surface area contributed by atoms with Crippen molar-refractivity contribution < 1.29 is 68.3 Å². The summed E-state index contributed by atoms with van der Waals surface area (Å²) in [6.07, 6.45) is -1.11. The topological polar surface area (TPSA) is 408 Å². The number of aromatic nitrogens is 1. The maximum atomic E-state index is 14.8. The van der Waals surface area contributed by atoms with E-state index in [1.165, 1.54) is 31.2 Å². The number of hydrogen-bond acceptors (Lipinski definition) is 17. The van der Waals surface area contributed by atoms with Gasteiger partial charge in [0.2, 0.25) is 41.4 Å². The van der Waals surface area contributed by atoms with Crippen LogP contribution in [0.3, 0.4) is 0 Å². The van der Waals surface area contributed by atoms with Gasteiger partial charge in [-0.1, -0.05) is 58.3 Å². The molecule has 10 atom stereocenters. The van der Waals surface area contributed by atoms with Crippen LogP contribution in [0.15, 0.2) is 54.7 Å². The van der Waals surface area contributed by atoms with Crippen LogP contribution in [-0.2, 0) is 55.9 Å². The van der Waals surface area contributed by atoms with E-state index < -0.39 is 120 Å². The SMILES string of the molecule is C[C@@H](O)[C@H](NC(=O)[C@@H]1CSSC[C@H](NC(=O)[C@H](N)CCCCN)C(=O)N[C@@H](Cc2ccc(O)cc2)C(=O)N[C@H](Cc2c[nH]c3ccccc23)C(=O)N[C@@H](CCCCNC(=O)OC(C)(C)C)C(=O)N[C@@H]([C@@H](C)O)C(=O)N1)C(=O)O. The molecule has 430 valence electrons. The second-order valence-corrected chi connectivity index (χ2v) is 22.5. The molecular weight excluding hydrogens is 1050 g/mol. The molecule has 3 aromatic rings. The number of nitrogens with one attached hydrogen (secondary N) is 9. The number of carboxylic acids is 1. The van der Waals surface area contributed by atoms with Crippen molar-refractivity contribution >= 4 is 85.9 Å². The van der Waals surface area contributed by atoms with E-state index in [1.807, 2.05) is 0 Å². The van der Waals surface area contributed by atoms with Gasteiger partial charge in [0.15, 0.2) is 6.04 Å². The van der Waals surface area contributed by atoms with Crippen molar-refractivity contribution in [1.29, 1.82) is 0 Å². The number of nitrogens with two attached hydrogens (primary N) is 2. The first-order valence-electron chi connectivity index (χ1n) is 25.6. The summed E-state index contributed by atoms with van der Waals surface area (Å²) in [5, 5.41) is 62.3. The van der Waals surface area contributed by atoms with Crippen LogP contribution in [0.2, 0.25) is 0 Å². The molecule has 27 heteroatoms. The first kappa shape index (κ1) is 63.9. The molecule has 78 heavy (non-hydrogen) atoms. The molecule has 2 aromatic carbocycles. The number of carboxylic acid groups (broad SMARTS) is 1. The molecule has 25 nitrogen and oxygen atoms in total. The molecule has 1 aliphatic heterocycles. The van der Waals surface area contributed by atoms with E-state index in [0.717, 1.165) is 28.5 Å². The summed E-state index contributed by atoms with van der Waals surface area (Å²) in [6, 6.07) is 0.733. The second kappa shape index (κ2) is 31.1. The number of carbonyl (C=O) groups excluding carboxylic acids is 8. The number of carbonyl (C=O) groups is 9. The number of phenolic OH excluding ortho intramolecular Hbond substituents is 1. The number of alkyl carbamates (subject to hydrolysis) is 1. The first-order chi connectivity index (χ1) is 36.9. The van der Waals surface area contributed by atoms with Crippen molar-refractivity contribution in [1.82, 2.24) is 47.5 Å². The van der Waals surface area contributed by atoms with Crippen molar-refractivity contribution in [3.05, 3.63) is 65.9 Å². The number of para-hydroxylation sites is 1. The van der Waals surface area contributed by atoms with Crippen LogP contribution in [0.5, 0.6) is 5.75 Å². The lowest BCUT2D eigenvalue weighted by Gasteiger charge is -2.29. The van der Waals surface area contributed by atoms with Gasteiger partial charge in [0, 0.05) is 48.0 Å². The minimum Gasteiger partial charge on any atom is -0.508 e. The lowest BCUT2D eigenvalue weighted by molar-refractivity contribution is -0.145. The summed E-state index contributed by atoms with van der Waals surface area (Å²) in [5.41, 5.74) is 12.8. The lowest BCUT2D eigenvalue weighted by Crippen LogP contribution is -2.62. The molecular formula is C51H75N11O14S2. The Balaban J connectivity index is 1.83. The second-order valence-electron chi connectivity index (χ2n) is 19.9. The molecule has 2 heterocycles. The summed E-state index contributed by atoms with van der Waals surface area (Å²) in [4.78, 5) is 128. The average molecular weight is 1130 g/mol. The van der Waals surface area contributed by atoms with Gasteiger partial charge in [-0.2, -0.15) is 0 Å². The molecule has 0 saturated carbocycles. The molecule has 4 rings (SSSR count). The standard InChI is InChI=1S/C51H75N11O14S2/c1-27(63)40-48(72)60-39(47(71)62-41(28(2)64)49(73)74)26-78-77-25-38(59-42(66)33(53)13-8-10-20-52)46(70)57-36(22-29-16-18-31(65)19-17-29)44(68)58-37(23-30-24-55-34-14-7-6-12-32(30)34)45(69)56-35(43(67)61-40)15-9-11-21-54-50(75)76-51(3,4)5/h6-7,12,14,16-19,24,27-28,33,35-41,55,63-65H,8-11,13,15,20-23,25-26,52-53H2,1-5H3,(H,54,75)(H,56,69)(H,57,70)(H,58,68)(H,59,66)(H,60,72)(H,61,67)(H,62,71)(H,73,74)/t27-,28-,33-,35+,36+,37-,38+,39+,40+,41+/m1/s1. The van der Waals surface area contributed by atoms with Crippen LogP contribution in [-0.4, -0.2) is 170 Å². The van der Waals surface area contributed by atoms with E-state index >= 15 is 0 Å². The molecule has 17 N–H and O–H groups in total. The van der Waals surface area contributed by atoms with Crippen LogP contribution < -0.4 is 54.0 Å². The number of ether oxygens (including phenoxy) is 1. The van der Waals surface area contributed by atoms with Crippen molar-refractivity contribution in [3.63, 3.8) is 0 Å². The Hall–Kier alpha value is -6.65. The number of aromatic hydroxyl groups is 1. The summed E-state index contributed by atoms with van der Waals surface area (Å²) in [6.45, 7) is 7.82. The number of aliphatic hydroxyl groups is 2. The van der Waals surface area contributed by atoms with Gasteiger partial charge in [-0.15, -0.1) is 0 Å². The highest BCUT2D eigenvalue weighted by Gasteiger charge is 2.37. The Bertz CT molecular complexity index is 2530. The monoisotopic (exact) mass is 1130 g/mol. The van der Waals surface area contributed by atoms with Crippen LogP contribution in [0, 0.1) is 0 Å². The quantitative estimate of drug-likeness (QED) is 0.0498. The Kier molecular flexibility index (Phi) is 25.4. The highest BCUT2D eigenvalue weighted by molar-refractivity contribution is 8.76. The third-order valence-electron chi connectivity index (χ3n) is 12.2. The molecule has 1 fully saturated rings. The van der Waals surface area contributed by atoms with Gasteiger partial charge < -0.3 is 84.1 Å². The maximum Gasteiger partial charge on any atom is 0.407 e. The molecule has 0 spiro atoms. The Morgan fingerprint density at radius 1 is 0.782 bits per heavy atom. The van der Waals surface area contributed by atoms with Gasteiger partial charge in [-0.25, -0.2) is 9.59 Å². The third kappa shape index (κ3) is 21.0. The Morgan fingerprint density at radius 2 is 1.41 bits per heavy atom. The number of rotatable bonds is 20. The molecule has 0 aliphatic carbocycles. The van der Waals surface area contributed by atoms with Crippen molar-refractivity contribution in [3.8, 4) is 5.75 Å². The number of H-pyrrole nitrogens is 1. The van der Waals surface area contributed by atoms with Gasteiger partial charge in [0.05, 0.1) is 18.2 Å². The maximum absolute atomic E-state index is 14.8. The van der Waals surface area contributed by atoms with Gasteiger partial charge >= 0.3 is 12.1 Å². The normalized spacial score (nSPS) is 21.9. The van der Waals surface area contributed by atoms with Crippen LogP contribution >= 0.6 is 21.6 Å². The number of fused-ring (bicyclic) bond motifs is 1. The molecule has 0 bridgehead atoms. The summed E-state index contributed by atoms with van der Waals surface area (Å²) in [7, 11) is 1.83. The minimum absolute atomic E-state index is 0.0828. The zero-order chi connectivity index (χ0) is 57.7. The summed E-state index contributed by atoms with van der Waals surface area (Å²) in [5.74, 6) is -8.86. The number of hydrogen-bond donors (Lipinski definition) is 15. The fourth-order valence-corrected chi connectivity index (χ4v) is 10.3. The largest absolute Gasteiger partial charge is 0.508 e. The molecule has 0 radical (unpaired) electrons. The van der Waals surface area contributed by atoms with Gasteiger partial charge in [0.25, 0.3) is 0 Å². The van der Waals surface area contributed by atoms with Crippen molar-refractivity contribution in [2.75, 3.05) is 24.6 Å². The number of unbranched alkanes of at least 4 members (excludes halogenated alkanes) is 2. The third-order valence-corrected chi connectivity index (χ3v) is 14.6. The average Bonchev–Trinajstić information content (AvgIpc) is 3.79. The molecule has 0 unspecified atom stereocenters. The summed E-state index contributed by atoms with van der Waals surface area (Å²) < 4.78 is 5.31. The summed E-state index contributed by atoms with van der Waals surface area (Å²) >= 11 is 0. The minimum atomic E-state index is -1.84. The molecule has 1 aromatic heterocycles. The predicted octanol–water partition coefficient (Wildman–Crippen LogP) is -0.555. The van der Waals surface area contributed by atoms with E-state index in [-0.39, 0.29) is 62.3 Å². The number of aliphatic hydroxyl groups excluding tert-OH is 2. The van der Waals surface area contributed by atoms with E-state index in [2.05, 4.69) is 47.5 Å². The molecule has 8 amide bonds. The number of phenols is 1. The van der Waals surface area contributed by atoms with Crippen molar-refractivity contribution in [2.24, 2.45) is 11.5 Å². The number of aromatic amines is 1. The molecule has 1 saturated heterocycles. The first-order valence-corrected chi connectivity index (χ1v) is 28.1. The Morgan fingerprint density at radius 3 is 2.05 bits per heavy atom. The Labute approximate surface area is 459 Å². The predicted molar refractivity (Wildman–Crippen MR) is 292 cm³/mol. The van der Waals surface area contributed by atoms with Gasteiger partial charge in [-0.3, -0.25) is 33.6 Å². The number of amides is 8. The van der Waals surface area contributed by atoms with E-state index in [0.29, 0.717) is 41.4 Å². The molecule has 1 aliphatic rings. The van der Waals surface area contributed by atoms with E-state index in [9.17, 15) is 63.6 Å². The van der Waals surface area contributed by atoms with Gasteiger partial charge in [-0.05, 0) is 103 Å². The fraction of sp³-hybridized carbons (Fsp3) is 0.549. The number of aliphatic carboxylic acids is 1. The number of benzene rings is 2. The highest BCUT2D eigenvalue weighted by Crippen LogP contribution is 2.25. The van der Waals surface area contributed by atoms with Crippen LogP contribution in [0.1, 0.15) is 84.3 Å². The fourth-order valence-electron chi connectivity index (χ4n) is 7.95. The van der Waals surface area contributed by atoms with Gasteiger partial charge in [0.1, 0.15) is 47.6 Å².